The molecule has 6 heteroatoms. The number of piperidine rings is 1. The van der Waals surface area contributed by atoms with Gasteiger partial charge in [0.15, 0.2) is 0 Å². The molecule has 25 heavy (non-hydrogen) atoms. The molecular weight excluding hydrogens is 316 g/mol. The van der Waals surface area contributed by atoms with Crippen molar-refractivity contribution < 1.29 is 9.84 Å². The van der Waals surface area contributed by atoms with Gasteiger partial charge in [-0.05, 0) is 25.7 Å². The van der Waals surface area contributed by atoms with Gasteiger partial charge in [0.2, 0.25) is 5.95 Å². The van der Waals surface area contributed by atoms with Gasteiger partial charge in [-0.15, -0.1) is 6.58 Å². The molecule has 0 unspecified atom stereocenters. The average Bonchev–Trinajstić information content (AvgIpc) is 2.68. The van der Waals surface area contributed by atoms with Crippen molar-refractivity contribution in [2.24, 2.45) is 5.41 Å². The first-order chi connectivity index (χ1) is 12.2. The first-order valence-electron chi connectivity index (χ1n) is 9.37. The van der Waals surface area contributed by atoms with Crippen molar-refractivity contribution in [1.82, 2.24) is 9.97 Å². The van der Waals surface area contributed by atoms with Crippen LogP contribution in [0, 0.1) is 5.41 Å². The molecule has 2 aliphatic rings. The number of rotatable bonds is 6. The van der Waals surface area contributed by atoms with Gasteiger partial charge in [0.25, 0.3) is 0 Å². The molecule has 3 heterocycles. The van der Waals surface area contributed by atoms with Crippen LogP contribution in [0.2, 0.25) is 0 Å². The fourth-order valence-corrected chi connectivity index (χ4v) is 3.79. The fraction of sp³-hybridized carbons (Fsp3) is 0.684. The monoisotopic (exact) mass is 346 g/mol. The molecule has 1 atom stereocenters. The lowest BCUT2D eigenvalue weighted by Crippen LogP contribution is -2.46. The van der Waals surface area contributed by atoms with Crippen LogP contribution in [0.5, 0.6) is 0 Å². The zero-order valence-electron chi connectivity index (χ0n) is 15.3. The van der Waals surface area contributed by atoms with Crippen LogP contribution in [0.25, 0.3) is 0 Å². The molecule has 0 bridgehead atoms. The second kappa shape index (κ2) is 8.15. The van der Waals surface area contributed by atoms with E-state index in [1.54, 1.807) is 0 Å². The maximum atomic E-state index is 9.97. The minimum Gasteiger partial charge on any atom is -0.396 e. The lowest BCUT2D eigenvalue weighted by Gasteiger charge is -2.42. The largest absolute Gasteiger partial charge is 0.396 e. The number of anilines is 2. The molecule has 0 aromatic carbocycles. The molecule has 2 saturated heterocycles. The highest BCUT2D eigenvalue weighted by molar-refractivity contribution is 5.47. The van der Waals surface area contributed by atoms with Gasteiger partial charge in [0.1, 0.15) is 5.82 Å². The van der Waals surface area contributed by atoms with Gasteiger partial charge in [0, 0.05) is 43.4 Å². The third-order valence-corrected chi connectivity index (χ3v) is 5.31. The van der Waals surface area contributed by atoms with E-state index in [-0.39, 0.29) is 12.0 Å². The van der Waals surface area contributed by atoms with E-state index in [0.29, 0.717) is 0 Å². The van der Waals surface area contributed by atoms with E-state index in [1.807, 2.05) is 6.08 Å². The van der Waals surface area contributed by atoms with Gasteiger partial charge < -0.3 is 19.6 Å². The normalized spacial score (nSPS) is 24.4. The Bertz CT molecular complexity index is 589. The molecule has 2 fully saturated rings. The van der Waals surface area contributed by atoms with Crippen molar-refractivity contribution >= 4 is 11.8 Å². The minimum absolute atomic E-state index is 0.101. The number of hydrogen-bond acceptors (Lipinski definition) is 6. The van der Waals surface area contributed by atoms with Crippen molar-refractivity contribution in [2.45, 2.75) is 32.6 Å². The summed E-state index contributed by atoms with van der Waals surface area (Å²) >= 11 is 0. The summed E-state index contributed by atoms with van der Waals surface area (Å²) in [6.07, 6.45) is 5.75. The number of nitrogens with zero attached hydrogens (tertiary/aromatic N) is 4. The summed E-state index contributed by atoms with van der Waals surface area (Å²) in [6.45, 7) is 11.1. The lowest BCUT2D eigenvalue weighted by molar-refractivity contribution is 0.108. The number of ether oxygens (including phenoxy) is 1. The molecule has 6 nitrogen and oxygen atoms in total. The van der Waals surface area contributed by atoms with Crippen LogP contribution in [0.15, 0.2) is 18.7 Å². The summed E-state index contributed by atoms with van der Waals surface area (Å²) in [5.74, 6) is 1.79. The summed E-state index contributed by atoms with van der Waals surface area (Å²) in [6, 6.07) is 2.10. The zero-order valence-corrected chi connectivity index (χ0v) is 15.3. The summed E-state index contributed by atoms with van der Waals surface area (Å²) in [5, 5.41) is 9.97. The van der Waals surface area contributed by atoms with Crippen LogP contribution >= 0.6 is 0 Å². The number of aliphatic hydroxyl groups is 1. The molecule has 1 aromatic heterocycles. The first kappa shape index (κ1) is 18.1. The predicted molar refractivity (Wildman–Crippen MR) is 100 cm³/mol. The topological polar surface area (TPSA) is 61.7 Å². The van der Waals surface area contributed by atoms with E-state index in [9.17, 15) is 5.11 Å². The first-order valence-corrected chi connectivity index (χ1v) is 9.37. The van der Waals surface area contributed by atoms with Gasteiger partial charge >= 0.3 is 0 Å². The Morgan fingerprint density at radius 1 is 1.28 bits per heavy atom. The SMILES string of the molecule is C=CC[C@@]1(CO)CCCN(c2cc(CC)nc(N3CCOCC3)n2)C1. The van der Waals surface area contributed by atoms with Crippen LogP contribution in [-0.2, 0) is 11.2 Å². The summed E-state index contributed by atoms with van der Waals surface area (Å²) in [4.78, 5) is 14.1. The molecule has 0 aliphatic carbocycles. The van der Waals surface area contributed by atoms with Crippen LogP contribution in [-0.4, -0.2) is 61.1 Å². The van der Waals surface area contributed by atoms with Crippen molar-refractivity contribution in [1.29, 1.82) is 0 Å². The van der Waals surface area contributed by atoms with Crippen LogP contribution in [0.3, 0.4) is 0 Å². The number of allylic oxidation sites excluding steroid dienone is 1. The van der Waals surface area contributed by atoms with Crippen molar-refractivity contribution in [2.75, 3.05) is 55.8 Å². The van der Waals surface area contributed by atoms with Crippen molar-refractivity contribution in [3.05, 3.63) is 24.4 Å². The van der Waals surface area contributed by atoms with E-state index in [4.69, 9.17) is 14.7 Å². The maximum Gasteiger partial charge on any atom is 0.227 e. The summed E-state index contributed by atoms with van der Waals surface area (Å²) in [5.41, 5.74) is 0.964. The Morgan fingerprint density at radius 3 is 2.76 bits per heavy atom. The van der Waals surface area contributed by atoms with E-state index in [0.717, 1.165) is 82.5 Å². The quantitative estimate of drug-likeness (QED) is 0.796. The molecule has 0 radical (unpaired) electrons. The molecule has 1 aromatic rings. The third kappa shape index (κ3) is 4.12. The van der Waals surface area contributed by atoms with E-state index in [2.05, 4.69) is 29.4 Å². The maximum absolute atomic E-state index is 9.97. The Kier molecular flexibility index (Phi) is 5.91. The molecule has 138 valence electrons. The molecule has 0 saturated carbocycles. The van der Waals surface area contributed by atoms with Gasteiger partial charge in [0.05, 0.1) is 19.8 Å². The highest BCUT2D eigenvalue weighted by Gasteiger charge is 2.34. The van der Waals surface area contributed by atoms with Gasteiger partial charge in [-0.3, -0.25) is 0 Å². The van der Waals surface area contributed by atoms with E-state index < -0.39 is 0 Å². The summed E-state index contributed by atoms with van der Waals surface area (Å²) in [7, 11) is 0. The highest BCUT2D eigenvalue weighted by Crippen LogP contribution is 2.35. The van der Waals surface area contributed by atoms with Crippen LogP contribution in [0.4, 0.5) is 11.8 Å². The number of hydrogen-bond donors (Lipinski definition) is 1. The van der Waals surface area contributed by atoms with Crippen molar-refractivity contribution in [3.8, 4) is 0 Å². The number of morpholine rings is 1. The highest BCUT2D eigenvalue weighted by atomic mass is 16.5. The zero-order chi connectivity index (χ0) is 17.7. The van der Waals surface area contributed by atoms with Crippen LogP contribution < -0.4 is 9.80 Å². The van der Waals surface area contributed by atoms with E-state index in [1.165, 1.54) is 0 Å². The van der Waals surface area contributed by atoms with E-state index >= 15 is 0 Å². The number of aryl methyl sites for hydroxylation is 1. The predicted octanol–water partition coefficient (Wildman–Crippen LogP) is 2.03. The Balaban J connectivity index is 1.86. The average molecular weight is 346 g/mol. The molecule has 0 spiro atoms. The van der Waals surface area contributed by atoms with Gasteiger partial charge in [-0.1, -0.05) is 13.0 Å². The van der Waals surface area contributed by atoms with Gasteiger partial charge in [-0.2, -0.15) is 4.98 Å². The minimum atomic E-state index is -0.101. The molecule has 2 aliphatic heterocycles. The standard InChI is InChI=1S/C19H30N4O2/c1-3-6-19(15-24)7-5-8-23(14-19)17-13-16(4-2)20-18(21-17)22-9-11-25-12-10-22/h3,13,24H,1,4-12,14-15H2,2H3/t19-/m1/s1. The second-order valence-electron chi connectivity index (χ2n) is 7.15. The Labute approximate surface area is 150 Å². The molecule has 1 N–H and O–H groups in total. The number of aromatic nitrogens is 2. The smallest absolute Gasteiger partial charge is 0.227 e. The van der Waals surface area contributed by atoms with Crippen molar-refractivity contribution in [3.63, 3.8) is 0 Å². The molecule has 3 rings (SSSR count). The Morgan fingerprint density at radius 2 is 2.08 bits per heavy atom. The summed E-state index contributed by atoms with van der Waals surface area (Å²) < 4.78 is 5.45. The van der Waals surface area contributed by atoms with Gasteiger partial charge in [-0.25, -0.2) is 4.98 Å². The molecule has 0 amide bonds. The number of aliphatic hydroxyl groups excluding tert-OH is 1. The second-order valence-corrected chi connectivity index (χ2v) is 7.15. The molecular formula is C19H30N4O2. The fourth-order valence-electron chi connectivity index (χ4n) is 3.79. The van der Waals surface area contributed by atoms with Crippen LogP contribution in [0.1, 0.15) is 31.9 Å². The third-order valence-electron chi connectivity index (χ3n) is 5.31. The Hall–Kier alpha value is -1.66. The lowest BCUT2D eigenvalue weighted by atomic mass is 9.78.